The summed E-state index contributed by atoms with van der Waals surface area (Å²) in [4.78, 5) is 6.23. The Morgan fingerprint density at radius 3 is 2.59 bits per heavy atom. The van der Waals surface area contributed by atoms with Gasteiger partial charge in [-0.15, -0.1) is 0 Å². The van der Waals surface area contributed by atoms with E-state index in [-0.39, 0.29) is 0 Å². The molecule has 1 saturated heterocycles. The third kappa shape index (κ3) is 4.05. The van der Waals surface area contributed by atoms with Crippen molar-refractivity contribution in [3.8, 4) is 17.0 Å². The highest BCUT2D eigenvalue weighted by Crippen LogP contribution is 2.35. The lowest BCUT2D eigenvalue weighted by Crippen LogP contribution is -2.37. The van der Waals surface area contributed by atoms with E-state index in [1.807, 2.05) is 7.05 Å². The van der Waals surface area contributed by atoms with Crippen molar-refractivity contribution in [2.24, 2.45) is 0 Å². The molecule has 154 valence electrons. The first-order valence-electron chi connectivity index (χ1n) is 10.7. The van der Waals surface area contributed by atoms with Crippen LogP contribution in [-0.2, 0) is 0 Å². The van der Waals surface area contributed by atoms with Crippen molar-refractivity contribution >= 4 is 10.9 Å². The molecule has 1 aliphatic rings. The zero-order valence-electron chi connectivity index (χ0n) is 18.1. The lowest BCUT2D eigenvalue weighted by molar-refractivity contribution is 0.214. The molecule has 29 heavy (non-hydrogen) atoms. The number of aryl methyl sites for hydroxylation is 2. The van der Waals surface area contributed by atoms with E-state index < -0.39 is 0 Å². The summed E-state index contributed by atoms with van der Waals surface area (Å²) < 4.78 is 5.42. The Kier molecular flexibility index (Phi) is 5.93. The van der Waals surface area contributed by atoms with E-state index >= 15 is 0 Å². The number of ether oxygens (including phenoxy) is 1. The van der Waals surface area contributed by atoms with Gasteiger partial charge in [-0.25, -0.2) is 0 Å². The van der Waals surface area contributed by atoms with Gasteiger partial charge in [0.05, 0.1) is 7.11 Å². The first-order chi connectivity index (χ1) is 14.1. The van der Waals surface area contributed by atoms with Gasteiger partial charge in [-0.3, -0.25) is 0 Å². The van der Waals surface area contributed by atoms with Crippen LogP contribution in [0.4, 0.5) is 0 Å². The summed E-state index contributed by atoms with van der Waals surface area (Å²) in [6.45, 7) is 8.97. The molecule has 4 heteroatoms. The number of nitrogens with one attached hydrogen (secondary N) is 2. The molecule has 1 aliphatic heterocycles. The molecule has 0 saturated carbocycles. The van der Waals surface area contributed by atoms with Crippen LogP contribution >= 0.6 is 0 Å². The highest BCUT2D eigenvalue weighted by Gasteiger charge is 2.21. The molecular formula is C25H33N3O. The summed E-state index contributed by atoms with van der Waals surface area (Å²) in [5.74, 6) is 1.61. The van der Waals surface area contributed by atoms with Crippen LogP contribution in [0.5, 0.6) is 5.75 Å². The number of likely N-dealkylation sites (N-methyl/N-ethyl adjacent to an activating group) is 1. The number of likely N-dealkylation sites (tertiary alicyclic amines) is 1. The first kappa shape index (κ1) is 20.0. The van der Waals surface area contributed by atoms with Crippen molar-refractivity contribution in [2.75, 3.05) is 40.3 Å². The molecule has 0 atom stereocenters. The van der Waals surface area contributed by atoms with Crippen LogP contribution in [-0.4, -0.2) is 50.2 Å². The fourth-order valence-corrected chi connectivity index (χ4v) is 4.68. The van der Waals surface area contributed by atoms with E-state index in [1.54, 1.807) is 7.11 Å². The molecule has 1 aromatic heterocycles. The lowest BCUT2D eigenvalue weighted by Gasteiger charge is -2.32. The standard InChI is InChI=1S/C25H33N3O/c1-17-15-21(6-8-24(17)29-4)25-18(2)22-16-20(5-7-23(22)27-25)19-9-12-28(13-10-19)14-11-26-3/h5-8,15-16,19,26-27H,9-14H2,1-4H3. The van der Waals surface area contributed by atoms with E-state index in [4.69, 9.17) is 4.74 Å². The molecule has 0 aliphatic carbocycles. The molecule has 3 aromatic rings. The van der Waals surface area contributed by atoms with Gasteiger partial charge in [0.25, 0.3) is 0 Å². The molecule has 2 aromatic carbocycles. The number of hydrogen-bond donors (Lipinski definition) is 2. The fraction of sp³-hybridized carbons (Fsp3) is 0.440. The average Bonchev–Trinajstić information content (AvgIpc) is 3.08. The Labute approximate surface area is 174 Å². The fourth-order valence-electron chi connectivity index (χ4n) is 4.68. The highest BCUT2D eigenvalue weighted by molar-refractivity contribution is 5.91. The number of piperidine rings is 1. The predicted molar refractivity (Wildman–Crippen MR) is 122 cm³/mol. The van der Waals surface area contributed by atoms with Crippen LogP contribution in [0.15, 0.2) is 36.4 Å². The van der Waals surface area contributed by atoms with Crippen LogP contribution in [0.1, 0.15) is 35.4 Å². The quantitative estimate of drug-likeness (QED) is 0.630. The van der Waals surface area contributed by atoms with Gasteiger partial charge in [-0.05, 0) is 105 Å². The Morgan fingerprint density at radius 1 is 1.10 bits per heavy atom. The number of rotatable bonds is 6. The maximum absolute atomic E-state index is 5.42. The zero-order valence-corrected chi connectivity index (χ0v) is 18.1. The Bertz CT molecular complexity index is 983. The van der Waals surface area contributed by atoms with Crippen LogP contribution in [0.25, 0.3) is 22.2 Å². The second kappa shape index (κ2) is 8.60. The smallest absolute Gasteiger partial charge is 0.121 e. The monoisotopic (exact) mass is 391 g/mol. The van der Waals surface area contributed by atoms with E-state index in [1.165, 1.54) is 59.2 Å². The maximum Gasteiger partial charge on any atom is 0.121 e. The van der Waals surface area contributed by atoms with Crippen LogP contribution in [0.3, 0.4) is 0 Å². The summed E-state index contributed by atoms with van der Waals surface area (Å²) in [5.41, 5.74) is 7.64. The van der Waals surface area contributed by atoms with Crippen LogP contribution in [0.2, 0.25) is 0 Å². The van der Waals surface area contributed by atoms with Gasteiger partial charge in [0.15, 0.2) is 0 Å². The van der Waals surface area contributed by atoms with Gasteiger partial charge in [-0.2, -0.15) is 0 Å². The number of aromatic amines is 1. The number of fused-ring (bicyclic) bond motifs is 1. The van der Waals surface area contributed by atoms with Crippen LogP contribution in [0, 0.1) is 13.8 Å². The molecule has 4 rings (SSSR count). The summed E-state index contributed by atoms with van der Waals surface area (Å²) >= 11 is 0. The second-order valence-corrected chi connectivity index (χ2v) is 8.33. The summed E-state index contributed by atoms with van der Waals surface area (Å²) in [6, 6.07) is 13.4. The predicted octanol–water partition coefficient (Wildman–Crippen LogP) is 4.86. The summed E-state index contributed by atoms with van der Waals surface area (Å²) in [7, 11) is 3.76. The van der Waals surface area contributed by atoms with Gasteiger partial charge >= 0.3 is 0 Å². The van der Waals surface area contributed by atoms with Crippen molar-refractivity contribution in [1.29, 1.82) is 0 Å². The lowest BCUT2D eigenvalue weighted by atomic mass is 9.88. The van der Waals surface area contributed by atoms with Crippen LogP contribution < -0.4 is 10.1 Å². The van der Waals surface area contributed by atoms with Gasteiger partial charge in [0, 0.05) is 29.7 Å². The SMILES string of the molecule is CNCCN1CCC(c2ccc3[nH]c(-c4ccc(OC)c(C)c4)c(C)c3c2)CC1. The molecule has 0 unspecified atom stereocenters. The molecule has 2 heterocycles. The summed E-state index contributed by atoms with van der Waals surface area (Å²) in [6.07, 6.45) is 2.51. The summed E-state index contributed by atoms with van der Waals surface area (Å²) in [5, 5.41) is 4.61. The topological polar surface area (TPSA) is 40.3 Å². The largest absolute Gasteiger partial charge is 0.496 e. The Morgan fingerprint density at radius 2 is 1.90 bits per heavy atom. The molecule has 2 N–H and O–H groups in total. The number of benzene rings is 2. The van der Waals surface area contributed by atoms with Crippen molar-refractivity contribution in [1.82, 2.24) is 15.2 Å². The van der Waals surface area contributed by atoms with E-state index in [0.29, 0.717) is 5.92 Å². The minimum atomic E-state index is 0.672. The van der Waals surface area contributed by atoms with Crippen molar-refractivity contribution in [3.05, 3.63) is 53.1 Å². The van der Waals surface area contributed by atoms with Gasteiger partial charge in [0.2, 0.25) is 0 Å². The van der Waals surface area contributed by atoms with E-state index in [0.717, 1.165) is 24.4 Å². The highest BCUT2D eigenvalue weighted by atomic mass is 16.5. The van der Waals surface area contributed by atoms with Gasteiger partial charge < -0.3 is 19.9 Å². The van der Waals surface area contributed by atoms with Gasteiger partial charge in [-0.1, -0.05) is 6.07 Å². The second-order valence-electron chi connectivity index (χ2n) is 8.33. The minimum Gasteiger partial charge on any atom is -0.496 e. The van der Waals surface area contributed by atoms with Crippen molar-refractivity contribution in [2.45, 2.75) is 32.6 Å². The van der Waals surface area contributed by atoms with E-state index in [9.17, 15) is 0 Å². The third-order valence-electron chi connectivity index (χ3n) is 6.50. The number of hydrogen-bond acceptors (Lipinski definition) is 3. The molecule has 0 amide bonds. The number of methoxy groups -OCH3 is 1. The molecule has 1 fully saturated rings. The Hall–Kier alpha value is -2.30. The number of H-pyrrole nitrogens is 1. The van der Waals surface area contributed by atoms with Crippen molar-refractivity contribution in [3.63, 3.8) is 0 Å². The molecule has 0 radical (unpaired) electrons. The molecule has 0 spiro atoms. The molecule has 0 bridgehead atoms. The van der Waals surface area contributed by atoms with E-state index in [2.05, 4.69) is 65.4 Å². The molecule has 4 nitrogen and oxygen atoms in total. The average molecular weight is 392 g/mol. The number of aromatic nitrogens is 1. The maximum atomic E-state index is 5.42. The normalized spacial score (nSPS) is 15.9. The Balaban J connectivity index is 1.58. The first-order valence-corrected chi connectivity index (χ1v) is 10.7. The van der Waals surface area contributed by atoms with Crippen molar-refractivity contribution < 1.29 is 4.74 Å². The molecular weight excluding hydrogens is 358 g/mol. The van der Waals surface area contributed by atoms with Gasteiger partial charge in [0.1, 0.15) is 5.75 Å². The third-order valence-corrected chi connectivity index (χ3v) is 6.50. The zero-order chi connectivity index (χ0) is 20.4. The minimum absolute atomic E-state index is 0.672. The number of nitrogens with zero attached hydrogens (tertiary/aromatic N) is 1.